The lowest BCUT2D eigenvalue weighted by Crippen LogP contribution is -2.45. The molecule has 2 aliphatic rings. The molecule has 2 atom stereocenters. The second kappa shape index (κ2) is 8.89. The van der Waals surface area contributed by atoms with Crippen molar-refractivity contribution in [2.75, 3.05) is 31.3 Å². The molecule has 9 heteroatoms. The minimum Gasteiger partial charge on any atom is -0.474 e. The average Bonchev–Trinajstić information content (AvgIpc) is 3.26. The van der Waals surface area contributed by atoms with E-state index in [1.807, 2.05) is 0 Å². The van der Waals surface area contributed by atoms with E-state index in [-0.39, 0.29) is 42.2 Å². The summed E-state index contributed by atoms with van der Waals surface area (Å²) < 4.78 is 24.3. The first-order valence-electron chi connectivity index (χ1n) is 10.2. The SMILES string of the molecule is C[C@H]1COc2nc(C(=O)NC[C@@H]3CCOC3)c(Cc3ccc(F)cc3)cc2N1C(=O)O. The van der Waals surface area contributed by atoms with E-state index in [4.69, 9.17) is 9.47 Å². The van der Waals surface area contributed by atoms with Gasteiger partial charge >= 0.3 is 6.09 Å². The number of anilines is 1. The Kier molecular flexibility index (Phi) is 6.03. The van der Waals surface area contributed by atoms with Crippen LogP contribution in [0.3, 0.4) is 0 Å². The molecule has 164 valence electrons. The molecule has 0 aliphatic carbocycles. The fraction of sp³-hybridized carbons (Fsp3) is 0.409. The number of amides is 2. The maximum absolute atomic E-state index is 13.3. The molecule has 2 N–H and O–H groups in total. The van der Waals surface area contributed by atoms with Crippen LogP contribution in [0.5, 0.6) is 5.88 Å². The summed E-state index contributed by atoms with van der Waals surface area (Å²) in [6, 6.07) is 7.17. The number of ether oxygens (including phenoxy) is 2. The number of rotatable bonds is 5. The molecule has 0 saturated carbocycles. The number of pyridine rings is 1. The van der Waals surface area contributed by atoms with Crippen LogP contribution < -0.4 is 15.0 Å². The highest BCUT2D eigenvalue weighted by atomic mass is 19.1. The molecule has 1 aromatic carbocycles. The Hall–Kier alpha value is -3.20. The van der Waals surface area contributed by atoms with E-state index in [9.17, 15) is 19.1 Å². The van der Waals surface area contributed by atoms with Crippen molar-refractivity contribution >= 4 is 17.7 Å². The molecule has 2 aromatic rings. The minimum atomic E-state index is -1.12. The molecule has 0 radical (unpaired) electrons. The van der Waals surface area contributed by atoms with Crippen molar-refractivity contribution < 1.29 is 28.6 Å². The van der Waals surface area contributed by atoms with Gasteiger partial charge in [0.15, 0.2) is 0 Å². The van der Waals surface area contributed by atoms with Gasteiger partial charge in [0, 0.05) is 19.1 Å². The maximum atomic E-state index is 13.3. The van der Waals surface area contributed by atoms with Crippen molar-refractivity contribution in [1.29, 1.82) is 0 Å². The van der Waals surface area contributed by atoms with Gasteiger partial charge in [-0.15, -0.1) is 0 Å². The highest BCUT2D eigenvalue weighted by Crippen LogP contribution is 2.35. The minimum absolute atomic E-state index is 0.109. The molecule has 4 rings (SSSR count). The number of hydrogen-bond acceptors (Lipinski definition) is 5. The third-order valence-corrected chi connectivity index (χ3v) is 5.51. The lowest BCUT2D eigenvalue weighted by atomic mass is 10.0. The largest absolute Gasteiger partial charge is 0.474 e. The molecule has 1 saturated heterocycles. The number of hydrogen-bond donors (Lipinski definition) is 2. The van der Waals surface area contributed by atoms with E-state index in [0.717, 1.165) is 12.0 Å². The van der Waals surface area contributed by atoms with Crippen LogP contribution in [0.1, 0.15) is 35.0 Å². The second-order valence-corrected chi connectivity index (χ2v) is 7.88. The Morgan fingerprint density at radius 3 is 2.74 bits per heavy atom. The van der Waals surface area contributed by atoms with E-state index >= 15 is 0 Å². The van der Waals surface area contributed by atoms with Crippen molar-refractivity contribution in [2.24, 2.45) is 5.92 Å². The fourth-order valence-electron chi connectivity index (χ4n) is 3.83. The number of fused-ring (bicyclic) bond motifs is 1. The highest BCUT2D eigenvalue weighted by Gasteiger charge is 2.32. The first-order chi connectivity index (χ1) is 14.9. The van der Waals surface area contributed by atoms with Crippen LogP contribution in [0.25, 0.3) is 0 Å². The number of nitrogens with zero attached hydrogens (tertiary/aromatic N) is 2. The topological polar surface area (TPSA) is 101 Å². The quantitative estimate of drug-likeness (QED) is 0.758. The number of carbonyl (C=O) groups excluding carboxylic acids is 1. The highest BCUT2D eigenvalue weighted by molar-refractivity contribution is 5.96. The molecular formula is C22H24FN3O5. The summed E-state index contributed by atoms with van der Waals surface area (Å²) in [5.41, 5.74) is 1.77. The van der Waals surface area contributed by atoms with Crippen molar-refractivity contribution in [3.05, 3.63) is 53.0 Å². The van der Waals surface area contributed by atoms with E-state index in [1.165, 1.54) is 17.0 Å². The predicted molar refractivity (Wildman–Crippen MR) is 110 cm³/mol. The van der Waals surface area contributed by atoms with Crippen LogP contribution in [-0.2, 0) is 11.2 Å². The van der Waals surface area contributed by atoms with Gasteiger partial charge < -0.3 is 19.9 Å². The normalized spacial score (nSPS) is 20.1. The van der Waals surface area contributed by atoms with Gasteiger partial charge in [-0.2, -0.15) is 0 Å². The van der Waals surface area contributed by atoms with Crippen LogP contribution in [0.2, 0.25) is 0 Å². The van der Waals surface area contributed by atoms with Gasteiger partial charge in [-0.25, -0.2) is 14.2 Å². The van der Waals surface area contributed by atoms with Crippen LogP contribution in [0, 0.1) is 11.7 Å². The Bertz CT molecular complexity index is 976. The van der Waals surface area contributed by atoms with Gasteiger partial charge in [-0.1, -0.05) is 12.1 Å². The summed E-state index contributed by atoms with van der Waals surface area (Å²) >= 11 is 0. The summed E-state index contributed by atoms with van der Waals surface area (Å²) in [5, 5.41) is 12.6. The lowest BCUT2D eigenvalue weighted by Gasteiger charge is -2.32. The van der Waals surface area contributed by atoms with Crippen molar-refractivity contribution in [1.82, 2.24) is 10.3 Å². The molecule has 0 spiro atoms. The molecule has 1 fully saturated rings. The molecular weight excluding hydrogens is 405 g/mol. The summed E-state index contributed by atoms with van der Waals surface area (Å²) in [6.45, 7) is 3.64. The van der Waals surface area contributed by atoms with Crippen molar-refractivity contribution in [3.63, 3.8) is 0 Å². The molecule has 2 aliphatic heterocycles. The molecule has 3 heterocycles. The first kappa shape index (κ1) is 21.0. The maximum Gasteiger partial charge on any atom is 0.412 e. The molecule has 2 amide bonds. The third-order valence-electron chi connectivity index (χ3n) is 5.51. The zero-order valence-corrected chi connectivity index (χ0v) is 17.1. The van der Waals surface area contributed by atoms with E-state index < -0.39 is 12.1 Å². The Balaban J connectivity index is 1.68. The van der Waals surface area contributed by atoms with Gasteiger partial charge in [0.05, 0.1) is 12.6 Å². The Morgan fingerprint density at radius 2 is 2.06 bits per heavy atom. The fourth-order valence-corrected chi connectivity index (χ4v) is 3.83. The second-order valence-electron chi connectivity index (χ2n) is 7.88. The summed E-state index contributed by atoms with van der Waals surface area (Å²) in [7, 11) is 0. The summed E-state index contributed by atoms with van der Waals surface area (Å²) in [4.78, 5) is 30.4. The molecule has 8 nitrogen and oxygen atoms in total. The van der Waals surface area contributed by atoms with Gasteiger partial charge in [0.1, 0.15) is 23.8 Å². The molecule has 31 heavy (non-hydrogen) atoms. The average molecular weight is 429 g/mol. The number of carboxylic acid groups (broad SMARTS) is 1. The van der Waals surface area contributed by atoms with Crippen LogP contribution in [0.15, 0.2) is 30.3 Å². The zero-order chi connectivity index (χ0) is 22.0. The predicted octanol–water partition coefficient (Wildman–Crippen LogP) is 2.84. The van der Waals surface area contributed by atoms with E-state index in [2.05, 4.69) is 10.3 Å². The summed E-state index contributed by atoms with van der Waals surface area (Å²) in [6.07, 6.45) is 0.0529. The molecule has 0 unspecified atom stereocenters. The van der Waals surface area contributed by atoms with Crippen LogP contribution in [0.4, 0.5) is 14.9 Å². The zero-order valence-electron chi connectivity index (χ0n) is 17.1. The lowest BCUT2D eigenvalue weighted by molar-refractivity contribution is 0.0937. The number of nitrogens with one attached hydrogen (secondary N) is 1. The van der Waals surface area contributed by atoms with Crippen LogP contribution >= 0.6 is 0 Å². The molecule has 1 aromatic heterocycles. The van der Waals surface area contributed by atoms with Crippen molar-refractivity contribution in [2.45, 2.75) is 25.8 Å². The third kappa shape index (κ3) is 4.61. The Labute approximate surface area is 179 Å². The Morgan fingerprint density at radius 1 is 1.29 bits per heavy atom. The first-order valence-corrected chi connectivity index (χ1v) is 10.2. The number of halogens is 1. The number of benzene rings is 1. The van der Waals surface area contributed by atoms with Gasteiger partial charge in [-0.05, 0) is 49.1 Å². The standard InChI is InChI=1S/C22H24FN3O5/c1-13-11-31-21-18(26(13)22(28)29)9-16(8-14-2-4-17(23)5-3-14)19(25-21)20(27)24-10-15-6-7-30-12-15/h2-5,9,13,15H,6-8,10-12H2,1H3,(H,24,27)(H,28,29)/t13-,15-/m0/s1. The van der Waals surface area contributed by atoms with Crippen molar-refractivity contribution in [3.8, 4) is 5.88 Å². The van der Waals surface area contributed by atoms with Gasteiger partial charge in [0.25, 0.3) is 5.91 Å². The van der Waals surface area contributed by atoms with Crippen LogP contribution in [-0.4, -0.2) is 54.5 Å². The van der Waals surface area contributed by atoms with E-state index in [1.54, 1.807) is 25.1 Å². The monoisotopic (exact) mass is 429 g/mol. The number of aromatic nitrogens is 1. The van der Waals surface area contributed by atoms with E-state index in [0.29, 0.717) is 31.0 Å². The number of carbonyl (C=O) groups is 2. The van der Waals surface area contributed by atoms with Gasteiger partial charge in [-0.3, -0.25) is 9.69 Å². The smallest absolute Gasteiger partial charge is 0.412 e. The van der Waals surface area contributed by atoms with Gasteiger partial charge in [0.2, 0.25) is 5.88 Å². The molecule has 0 bridgehead atoms. The summed E-state index contributed by atoms with van der Waals surface area (Å²) in [5.74, 6) is -0.362.